The second kappa shape index (κ2) is 2.84. The first kappa shape index (κ1) is 7.70. The summed E-state index contributed by atoms with van der Waals surface area (Å²) in [6, 6.07) is 0.317. The normalized spacial score (nSPS) is 17.8. The van der Waals surface area contributed by atoms with E-state index >= 15 is 0 Å². The first-order valence-corrected chi connectivity index (χ1v) is 3.92. The van der Waals surface area contributed by atoms with Gasteiger partial charge in [-0.15, -0.1) is 5.10 Å². The fourth-order valence-corrected chi connectivity index (χ4v) is 1.23. The van der Waals surface area contributed by atoms with Crippen LogP contribution in [0.4, 0.5) is 0 Å². The average molecular weight is 169 g/mol. The minimum absolute atomic E-state index is 0.0423. The van der Waals surface area contributed by atoms with E-state index in [9.17, 15) is 0 Å². The van der Waals surface area contributed by atoms with Crippen molar-refractivity contribution in [2.45, 2.75) is 19.6 Å². The third-order valence-electron chi connectivity index (χ3n) is 2.14. The summed E-state index contributed by atoms with van der Waals surface area (Å²) in [7, 11) is 0. The molecule has 2 rings (SSSR count). The minimum Gasteiger partial charge on any atom is -0.390 e. The maximum absolute atomic E-state index is 8.86. The van der Waals surface area contributed by atoms with Crippen LogP contribution < -0.4 is 0 Å². The lowest BCUT2D eigenvalue weighted by atomic mass is 10.2. The van der Waals surface area contributed by atoms with Crippen LogP contribution in [0.5, 0.6) is 0 Å². The van der Waals surface area contributed by atoms with Crippen molar-refractivity contribution in [1.29, 1.82) is 0 Å². The molecule has 1 N–H and O–H groups in total. The maximum atomic E-state index is 8.86. The van der Waals surface area contributed by atoms with Crippen molar-refractivity contribution >= 4 is 0 Å². The molecule has 12 heavy (non-hydrogen) atoms. The second-order valence-corrected chi connectivity index (χ2v) is 2.92. The lowest BCUT2D eigenvalue weighted by molar-refractivity contribution is -0.0302. The van der Waals surface area contributed by atoms with Crippen molar-refractivity contribution in [3.63, 3.8) is 0 Å². The predicted octanol–water partition coefficient (Wildman–Crippen LogP) is -0.350. The third kappa shape index (κ3) is 1.02. The lowest BCUT2D eigenvalue weighted by Gasteiger charge is -2.26. The Kier molecular flexibility index (Phi) is 1.82. The molecule has 5 heteroatoms. The Morgan fingerprint density at radius 3 is 2.83 bits per heavy atom. The Morgan fingerprint density at radius 1 is 1.67 bits per heavy atom. The molecule has 0 saturated carbocycles. The van der Waals surface area contributed by atoms with Gasteiger partial charge in [0.15, 0.2) is 0 Å². The van der Waals surface area contributed by atoms with Crippen LogP contribution in [0.1, 0.15) is 17.4 Å². The Labute approximate surface area is 70.0 Å². The van der Waals surface area contributed by atoms with Crippen LogP contribution in [0, 0.1) is 6.92 Å². The SMILES string of the molecule is Cc1c(CO)nnn1C1COC1. The lowest BCUT2D eigenvalue weighted by Crippen LogP contribution is -2.32. The van der Waals surface area contributed by atoms with E-state index in [4.69, 9.17) is 9.84 Å². The zero-order valence-electron chi connectivity index (χ0n) is 6.90. The summed E-state index contributed by atoms with van der Waals surface area (Å²) in [4.78, 5) is 0. The number of rotatable bonds is 2. The van der Waals surface area contributed by atoms with Gasteiger partial charge in [-0.2, -0.15) is 0 Å². The summed E-state index contributed by atoms with van der Waals surface area (Å²) in [6.45, 7) is 3.27. The first-order chi connectivity index (χ1) is 5.83. The molecule has 1 aliphatic heterocycles. The van der Waals surface area contributed by atoms with Gasteiger partial charge in [0.25, 0.3) is 0 Å². The van der Waals surface area contributed by atoms with Gasteiger partial charge in [0.2, 0.25) is 0 Å². The fourth-order valence-electron chi connectivity index (χ4n) is 1.23. The van der Waals surface area contributed by atoms with Crippen molar-refractivity contribution in [2.24, 2.45) is 0 Å². The van der Waals surface area contributed by atoms with E-state index in [1.54, 1.807) is 0 Å². The maximum Gasteiger partial charge on any atom is 0.111 e. The molecule has 66 valence electrons. The Balaban J connectivity index is 2.25. The minimum atomic E-state index is -0.0423. The van der Waals surface area contributed by atoms with Gasteiger partial charge in [-0.3, -0.25) is 0 Å². The molecule has 0 bridgehead atoms. The number of aliphatic hydroxyl groups excluding tert-OH is 1. The standard InChI is InChI=1S/C7H11N3O2/c1-5-7(2-11)8-9-10(5)6-3-12-4-6/h6,11H,2-4H2,1H3. The van der Waals surface area contributed by atoms with Crippen LogP contribution in [0.3, 0.4) is 0 Å². The summed E-state index contributed by atoms with van der Waals surface area (Å²) >= 11 is 0. The zero-order chi connectivity index (χ0) is 8.55. The van der Waals surface area contributed by atoms with E-state index < -0.39 is 0 Å². The fraction of sp³-hybridized carbons (Fsp3) is 0.714. The number of aliphatic hydroxyl groups is 1. The number of hydrogen-bond donors (Lipinski definition) is 1. The molecule has 0 radical (unpaired) electrons. The Bertz CT molecular complexity index is 280. The van der Waals surface area contributed by atoms with E-state index in [-0.39, 0.29) is 6.61 Å². The highest BCUT2D eigenvalue weighted by atomic mass is 16.5. The highest BCUT2D eigenvalue weighted by Gasteiger charge is 2.23. The van der Waals surface area contributed by atoms with Gasteiger partial charge in [0.1, 0.15) is 11.7 Å². The van der Waals surface area contributed by atoms with E-state index in [2.05, 4.69) is 10.3 Å². The van der Waals surface area contributed by atoms with Crippen molar-refractivity contribution < 1.29 is 9.84 Å². The summed E-state index contributed by atoms with van der Waals surface area (Å²) in [6.07, 6.45) is 0. The van der Waals surface area contributed by atoms with E-state index in [0.29, 0.717) is 24.9 Å². The summed E-state index contributed by atoms with van der Waals surface area (Å²) in [5.41, 5.74) is 1.59. The number of nitrogens with zero attached hydrogens (tertiary/aromatic N) is 3. The van der Waals surface area contributed by atoms with E-state index in [0.717, 1.165) is 5.69 Å². The van der Waals surface area contributed by atoms with Crippen molar-refractivity contribution in [2.75, 3.05) is 13.2 Å². The largest absolute Gasteiger partial charge is 0.390 e. The monoisotopic (exact) mass is 169 g/mol. The van der Waals surface area contributed by atoms with Gasteiger partial charge in [0.05, 0.1) is 25.5 Å². The molecule has 0 aliphatic carbocycles. The topological polar surface area (TPSA) is 60.2 Å². The molecule has 0 unspecified atom stereocenters. The summed E-state index contributed by atoms with van der Waals surface area (Å²) in [5, 5.41) is 16.6. The van der Waals surface area contributed by atoms with Crippen molar-refractivity contribution in [3.05, 3.63) is 11.4 Å². The van der Waals surface area contributed by atoms with Gasteiger partial charge >= 0.3 is 0 Å². The molecule has 0 amide bonds. The molecule has 0 aromatic carbocycles. The van der Waals surface area contributed by atoms with Gasteiger partial charge < -0.3 is 9.84 Å². The molecule has 1 aromatic rings. The van der Waals surface area contributed by atoms with Crippen LogP contribution in [0.2, 0.25) is 0 Å². The van der Waals surface area contributed by atoms with Crippen molar-refractivity contribution in [1.82, 2.24) is 15.0 Å². The van der Waals surface area contributed by atoms with Crippen LogP contribution in [0.25, 0.3) is 0 Å². The quantitative estimate of drug-likeness (QED) is 0.657. The highest BCUT2D eigenvalue weighted by molar-refractivity contribution is 5.07. The highest BCUT2D eigenvalue weighted by Crippen LogP contribution is 2.18. The second-order valence-electron chi connectivity index (χ2n) is 2.92. The third-order valence-corrected chi connectivity index (χ3v) is 2.14. The Hall–Kier alpha value is -0.940. The molecule has 1 fully saturated rings. The number of hydrogen-bond acceptors (Lipinski definition) is 4. The van der Waals surface area contributed by atoms with Gasteiger partial charge in [-0.25, -0.2) is 4.68 Å². The number of aromatic nitrogens is 3. The predicted molar refractivity (Wildman–Crippen MR) is 40.5 cm³/mol. The van der Waals surface area contributed by atoms with Gasteiger partial charge in [-0.1, -0.05) is 5.21 Å². The number of ether oxygens (including phenoxy) is 1. The molecule has 1 aliphatic rings. The summed E-state index contributed by atoms with van der Waals surface area (Å²) in [5.74, 6) is 0. The van der Waals surface area contributed by atoms with Crippen molar-refractivity contribution in [3.8, 4) is 0 Å². The van der Waals surface area contributed by atoms with E-state index in [1.807, 2.05) is 11.6 Å². The Morgan fingerprint density at radius 2 is 2.42 bits per heavy atom. The van der Waals surface area contributed by atoms with Crippen LogP contribution in [-0.2, 0) is 11.3 Å². The average Bonchev–Trinajstić information content (AvgIpc) is 2.30. The molecule has 5 nitrogen and oxygen atoms in total. The molecule has 0 atom stereocenters. The molecular formula is C7H11N3O2. The van der Waals surface area contributed by atoms with Crippen LogP contribution in [-0.4, -0.2) is 33.3 Å². The zero-order valence-corrected chi connectivity index (χ0v) is 6.90. The first-order valence-electron chi connectivity index (χ1n) is 3.92. The molecular weight excluding hydrogens is 158 g/mol. The molecule has 0 spiro atoms. The van der Waals surface area contributed by atoms with Crippen LogP contribution in [0.15, 0.2) is 0 Å². The molecule has 2 heterocycles. The van der Waals surface area contributed by atoms with Gasteiger partial charge in [0, 0.05) is 0 Å². The molecule has 1 saturated heterocycles. The smallest absolute Gasteiger partial charge is 0.111 e. The molecule has 1 aromatic heterocycles. The van der Waals surface area contributed by atoms with Gasteiger partial charge in [-0.05, 0) is 6.92 Å². The summed E-state index contributed by atoms with van der Waals surface area (Å²) < 4.78 is 6.85. The van der Waals surface area contributed by atoms with Crippen LogP contribution >= 0.6 is 0 Å². The van der Waals surface area contributed by atoms with E-state index in [1.165, 1.54) is 0 Å².